The van der Waals surface area contributed by atoms with E-state index >= 15 is 0 Å². The molecule has 0 saturated heterocycles. The first-order chi connectivity index (χ1) is 9.65. The molecule has 2 aromatic carbocycles. The number of anilines is 1. The molecule has 0 unspecified atom stereocenters. The summed E-state index contributed by atoms with van der Waals surface area (Å²) in [6.45, 7) is 0.632. The van der Waals surface area contributed by atoms with Crippen LogP contribution in [-0.2, 0) is 6.54 Å². The molecule has 0 fully saturated rings. The Bertz CT molecular complexity index is 632. The predicted octanol–water partition coefficient (Wildman–Crippen LogP) is 4.06. The van der Waals surface area contributed by atoms with Crippen molar-refractivity contribution < 1.29 is 4.39 Å². The van der Waals surface area contributed by atoms with Crippen molar-refractivity contribution in [1.82, 2.24) is 0 Å². The maximum absolute atomic E-state index is 13.6. The Balaban J connectivity index is 2.21. The van der Waals surface area contributed by atoms with Gasteiger partial charge in [0.05, 0.1) is 5.69 Å². The first-order valence-electron chi connectivity index (χ1n) is 6.18. The first kappa shape index (κ1) is 14.4. The minimum atomic E-state index is -0.477. The highest BCUT2D eigenvalue weighted by Gasteiger charge is 2.11. The summed E-state index contributed by atoms with van der Waals surface area (Å²) in [7, 11) is 1.86. The summed E-state index contributed by atoms with van der Waals surface area (Å²) in [6.07, 6.45) is 2.03. The maximum Gasteiger partial charge on any atom is 0.143 e. The van der Waals surface area contributed by atoms with Crippen LogP contribution in [0.3, 0.4) is 0 Å². The lowest BCUT2D eigenvalue weighted by molar-refractivity contribution is 0.623. The van der Waals surface area contributed by atoms with Crippen molar-refractivity contribution in [2.45, 2.75) is 11.4 Å². The number of hydrogen-bond donors (Lipinski definition) is 0. The van der Waals surface area contributed by atoms with Crippen LogP contribution < -0.4 is 4.90 Å². The molecule has 2 rings (SSSR count). The summed E-state index contributed by atoms with van der Waals surface area (Å²) < 4.78 is 13.6. The Labute approximate surface area is 122 Å². The Hall–Kier alpha value is -1.99. The van der Waals surface area contributed by atoms with Crippen LogP contribution in [0.5, 0.6) is 0 Å². The molecule has 20 heavy (non-hydrogen) atoms. The zero-order chi connectivity index (χ0) is 14.5. The minimum absolute atomic E-state index is 0.0933. The molecule has 0 N–H and O–H groups in total. The fourth-order valence-electron chi connectivity index (χ4n) is 2.03. The zero-order valence-electron chi connectivity index (χ0n) is 11.4. The fraction of sp³-hybridized carbons (Fsp3) is 0.188. The van der Waals surface area contributed by atoms with E-state index < -0.39 is 5.82 Å². The lowest BCUT2D eigenvalue weighted by Crippen LogP contribution is -2.18. The van der Waals surface area contributed by atoms with E-state index in [0.29, 0.717) is 12.2 Å². The van der Waals surface area contributed by atoms with Gasteiger partial charge in [0, 0.05) is 18.5 Å². The Morgan fingerprint density at radius 1 is 1.20 bits per heavy atom. The van der Waals surface area contributed by atoms with E-state index in [4.69, 9.17) is 5.26 Å². The molecule has 0 aromatic heterocycles. The van der Waals surface area contributed by atoms with Crippen molar-refractivity contribution >= 4 is 17.4 Å². The average molecular weight is 286 g/mol. The number of thioether (sulfide) groups is 1. The van der Waals surface area contributed by atoms with Crippen LogP contribution in [0.1, 0.15) is 11.1 Å². The van der Waals surface area contributed by atoms with Gasteiger partial charge in [0.1, 0.15) is 17.4 Å². The van der Waals surface area contributed by atoms with E-state index in [0.717, 1.165) is 5.56 Å². The van der Waals surface area contributed by atoms with Crippen molar-refractivity contribution in [3.63, 3.8) is 0 Å². The topological polar surface area (TPSA) is 27.0 Å². The van der Waals surface area contributed by atoms with Gasteiger partial charge in [-0.1, -0.05) is 18.2 Å². The number of nitriles is 1. The summed E-state index contributed by atoms with van der Waals surface area (Å²) in [4.78, 5) is 3.09. The van der Waals surface area contributed by atoms with Crippen molar-refractivity contribution in [2.24, 2.45) is 0 Å². The summed E-state index contributed by atoms with van der Waals surface area (Å²) in [6, 6.07) is 14.8. The number of benzene rings is 2. The van der Waals surface area contributed by atoms with Gasteiger partial charge in [0.2, 0.25) is 0 Å². The van der Waals surface area contributed by atoms with Crippen LogP contribution >= 0.6 is 11.8 Å². The molecule has 102 valence electrons. The highest BCUT2D eigenvalue weighted by molar-refractivity contribution is 7.98. The second-order valence-electron chi connectivity index (χ2n) is 4.45. The number of hydrogen-bond acceptors (Lipinski definition) is 3. The SMILES string of the molecule is CSc1ccc(CN(C)c2cccc(F)c2C#N)cc1. The Kier molecular flexibility index (Phi) is 4.65. The van der Waals surface area contributed by atoms with E-state index in [2.05, 4.69) is 12.1 Å². The average Bonchev–Trinajstić information content (AvgIpc) is 2.47. The fourth-order valence-corrected chi connectivity index (χ4v) is 2.44. The van der Waals surface area contributed by atoms with Crippen molar-refractivity contribution in [2.75, 3.05) is 18.2 Å². The van der Waals surface area contributed by atoms with Gasteiger partial charge in [0.25, 0.3) is 0 Å². The monoisotopic (exact) mass is 286 g/mol. The molecule has 0 heterocycles. The number of nitrogens with zero attached hydrogens (tertiary/aromatic N) is 2. The van der Waals surface area contributed by atoms with Gasteiger partial charge >= 0.3 is 0 Å². The summed E-state index contributed by atoms with van der Waals surface area (Å²) in [5.41, 5.74) is 1.83. The van der Waals surface area contributed by atoms with Crippen molar-refractivity contribution in [3.05, 3.63) is 59.4 Å². The molecule has 2 aromatic rings. The van der Waals surface area contributed by atoms with Gasteiger partial charge in [0.15, 0.2) is 0 Å². The summed E-state index contributed by atoms with van der Waals surface area (Å²) in [5, 5.41) is 9.06. The maximum atomic E-state index is 13.6. The molecule has 0 spiro atoms. The molecular weight excluding hydrogens is 271 g/mol. The first-order valence-corrected chi connectivity index (χ1v) is 7.41. The molecule has 4 heteroatoms. The zero-order valence-corrected chi connectivity index (χ0v) is 12.2. The quantitative estimate of drug-likeness (QED) is 0.793. The third-order valence-corrected chi connectivity index (χ3v) is 3.84. The lowest BCUT2D eigenvalue weighted by Gasteiger charge is -2.20. The van der Waals surface area contributed by atoms with Gasteiger partial charge in [-0.05, 0) is 36.1 Å². The third-order valence-electron chi connectivity index (χ3n) is 3.09. The summed E-state index contributed by atoms with van der Waals surface area (Å²) in [5.74, 6) is -0.477. The predicted molar refractivity (Wildman–Crippen MR) is 81.4 cm³/mol. The van der Waals surface area contributed by atoms with Crippen LogP contribution in [0.2, 0.25) is 0 Å². The normalized spacial score (nSPS) is 10.1. The highest BCUT2D eigenvalue weighted by Crippen LogP contribution is 2.23. The van der Waals surface area contributed by atoms with Crippen LogP contribution in [0, 0.1) is 17.1 Å². The molecule has 0 aliphatic carbocycles. The molecule has 0 aliphatic heterocycles. The highest BCUT2D eigenvalue weighted by atomic mass is 32.2. The standard InChI is InChI=1S/C16H15FN2S/c1-19(11-12-6-8-13(20-2)9-7-12)16-5-3-4-15(17)14(16)10-18/h3-9H,11H2,1-2H3. The van der Waals surface area contributed by atoms with E-state index in [9.17, 15) is 4.39 Å². The number of halogens is 1. The second-order valence-corrected chi connectivity index (χ2v) is 5.33. The van der Waals surface area contributed by atoms with E-state index in [1.807, 2.05) is 36.4 Å². The minimum Gasteiger partial charge on any atom is -0.369 e. The van der Waals surface area contributed by atoms with Crippen LogP contribution in [0.4, 0.5) is 10.1 Å². The molecule has 0 saturated carbocycles. The van der Waals surface area contributed by atoms with Gasteiger partial charge < -0.3 is 4.90 Å². The largest absolute Gasteiger partial charge is 0.369 e. The number of rotatable bonds is 4. The Morgan fingerprint density at radius 2 is 1.90 bits per heavy atom. The van der Waals surface area contributed by atoms with Gasteiger partial charge in [-0.3, -0.25) is 0 Å². The van der Waals surface area contributed by atoms with Gasteiger partial charge in [-0.2, -0.15) is 5.26 Å². The molecule has 0 atom stereocenters. The summed E-state index contributed by atoms with van der Waals surface area (Å²) >= 11 is 1.69. The van der Waals surface area contributed by atoms with E-state index in [-0.39, 0.29) is 5.56 Å². The van der Waals surface area contributed by atoms with Crippen LogP contribution in [0.15, 0.2) is 47.4 Å². The second kappa shape index (κ2) is 6.44. The van der Waals surface area contributed by atoms with Gasteiger partial charge in [-0.15, -0.1) is 11.8 Å². The Morgan fingerprint density at radius 3 is 2.50 bits per heavy atom. The molecule has 0 aliphatic rings. The van der Waals surface area contributed by atoms with Crippen molar-refractivity contribution in [1.29, 1.82) is 5.26 Å². The molecule has 0 amide bonds. The molecule has 2 nitrogen and oxygen atoms in total. The van der Waals surface area contributed by atoms with Gasteiger partial charge in [-0.25, -0.2) is 4.39 Å². The van der Waals surface area contributed by atoms with E-state index in [1.165, 1.54) is 11.0 Å². The smallest absolute Gasteiger partial charge is 0.143 e. The van der Waals surface area contributed by atoms with Crippen LogP contribution in [0.25, 0.3) is 0 Å². The molecule has 0 radical (unpaired) electrons. The molecular formula is C16H15FN2S. The van der Waals surface area contributed by atoms with E-state index in [1.54, 1.807) is 23.9 Å². The third kappa shape index (κ3) is 3.12. The van der Waals surface area contributed by atoms with Crippen LogP contribution in [-0.4, -0.2) is 13.3 Å². The molecule has 0 bridgehead atoms. The van der Waals surface area contributed by atoms with Crippen molar-refractivity contribution in [3.8, 4) is 6.07 Å². The lowest BCUT2D eigenvalue weighted by atomic mass is 10.1.